The molecule has 1 aliphatic heterocycles. The first kappa shape index (κ1) is 22.1. The van der Waals surface area contributed by atoms with Crippen LogP contribution >= 0.6 is 0 Å². The Morgan fingerprint density at radius 1 is 1.13 bits per heavy atom. The summed E-state index contributed by atoms with van der Waals surface area (Å²) in [6, 6.07) is 0. The van der Waals surface area contributed by atoms with Crippen LogP contribution in [0.3, 0.4) is 0 Å². The lowest BCUT2D eigenvalue weighted by molar-refractivity contribution is -0.128. The maximum atomic E-state index is 13.3. The number of aromatic nitrogens is 4. The second-order valence-corrected chi connectivity index (χ2v) is 8.33. The van der Waals surface area contributed by atoms with E-state index in [1.54, 1.807) is 31.4 Å². The summed E-state index contributed by atoms with van der Waals surface area (Å²) in [4.78, 5) is 32.3. The average Bonchev–Trinajstić information content (AvgIpc) is 2.78. The van der Waals surface area contributed by atoms with E-state index >= 15 is 0 Å². The Morgan fingerprint density at radius 2 is 1.77 bits per heavy atom. The maximum absolute atomic E-state index is 13.3. The van der Waals surface area contributed by atoms with Crippen molar-refractivity contribution in [2.75, 3.05) is 37.5 Å². The van der Waals surface area contributed by atoms with E-state index in [2.05, 4.69) is 46.0 Å². The van der Waals surface area contributed by atoms with Crippen molar-refractivity contribution in [1.29, 1.82) is 0 Å². The van der Waals surface area contributed by atoms with Gasteiger partial charge in [-0.25, -0.2) is 19.9 Å². The fourth-order valence-electron chi connectivity index (χ4n) is 3.82. The number of carbonyl (C=O) groups is 1. The highest BCUT2D eigenvalue weighted by Crippen LogP contribution is 2.33. The molecule has 3 heterocycles. The molecule has 30 heavy (non-hydrogen) atoms. The van der Waals surface area contributed by atoms with Gasteiger partial charge < -0.3 is 10.1 Å². The molecule has 1 amide bonds. The van der Waals surface area contributed by atoms with Crippen LogP contribution < -0.4 is 10.2 Å². The minimum atomic E-state index is -0.114. The topological polar surface area (TPSA) is 93.1 Å². The normalized spacial score (nSPS) is 20.1. The molecule has 1 N–H and O–H groups in total. The summed E-state index contributed by atoms with van der Waals surface area (Å²) in [7, 11) is 3.55. The number of nitrogens with zero attached hydrogens (tertiary/aromatic N) is 5. The fraction of sp³-hybridized carbons (Fsp3) is 0.591. The maximum Gasteiger partial charge on any atom is 0.232 e. The van der Waals surface area contributed by atoms with E-state index in [-0.39, 0.29) is 23.7 Å². The predicted molar refractivity (Wildman–Crippen MR) is 117 cm³/mol. The van der Waals surface area contributed by atoms with Crippen molar-refractivity contribution < 1.29 is 9.53 Å². The van der Waals surface area contributed by atoms with Crippen LogP contribution in [0.1, 0.15) is 56.6 Å². The van der Waals surface area contributed by atoms with Crippen LogP contribution in [0.15, 0.2) is 24.8 Å². The van der Waals surface area contributed by atoms with E-state index < -0.39 is 0 Å². The first-order valence-electron chi connectivity index (χ1n) is 10.6. The van der Waals surface area contributed by atoms with Crippen molar-refractivity contribution in [3.8, 4) is 0 Å². The molecule has 0 saturated carbocycles. The number of anilines is 2. The van der Waals surface area contributed by atoms with Gasteiger partial charge in [-0.2, -0.15) is 0 Å². The summed E-state index contributed by atoms with van der Waals surface area (Å²) in [5, 5.41) is 2.93. The highest BCUT2D eigenvalue weighted by Gasteiger charge is 2.35. The molecule has 1 saturated heterocycles. The molecule has 2 aromatic heterocycles. The monoisotopic (exact) mass is 412 g/mol. The minimum Gasteiger partial charge on any atom is -0.381 e. The molecule has 3 atom stereocenters. The molecular formula is C22H32N6O2. The third-order valence-electron chi connectivity index (χ3n) is 5.87. The summed E-state index contributed by atoms with van der Waals surface area (Å²) >= 11 is 0. The first-order valence-corrected chi connectivity index (χ1v) is 10.6. The zero-order chi connectivity index (χ0) is 21.7. The molecule has 3 rings (SSSR count). The molecular weight excluding hydrogens is 380 g/mol. The molecule has 0 radical (unpaired) electrons. The van der Waals surface area contributed by atoms with Gasteiger partial charge in [-0.15, -0.1) is 0 Å². The van der Waals surface area contributed by atoms with E-state index in [1.807, 2.05) is 12.4 Å². The lowest BCUT2D eigenvalue weighted by atomic mass is 9.80. The summed E-state index contributed by atoms with van der Waals surface area (Å²) in [6.45, 7) is 7.52. The Morgan fingerprint density at radius 3 is 2.37 bits per heavy atom. The van der Waals surface area contributed by atoms with Gasteiger partial charge in [0, 0.05) is 51.4 Å². The third kappa shape index (κ3) is 5.11. The molecule has 0 bridgehead atoms. The Labute approximate surface area is 178 Å². The van der Waals surface area contributed by atoms with Gasteiger partial charge in [0.2, 0.25) is 17.8 Å². The molecule has 8 nitrogen and oxygen atoms in total. The summed E-state index contributed by atoms with van der Waals surface area (Å²) in [5.74, 6) is 1.69. The van der Waals surface area contributed by atoms with E-state index in [0.29, 0.717) is 37.4 Å². The number of hydrogen-bond acceptors (Lipinski definition) is 7. The van der Waals surface area contributed by atoms with Gasteiger partial charge in [0.1, 0.15) is 0 Å². The second-order valence-electron chi connectivity index (χ2n) is 8.33. The van der Waals surface area contributed by atoms with Crippen molar-refractivity contribution in [3.05, 3.63) is 35.9 Å². The molecule has 0 aromatic carbocycles. The molecule has 2 unspecified atom stereocenters. The Balaban J connectivity index is 1.69. The van der Waals surface area contributed by atoms with Gasteiger partial charge in [0.05, 0.1) is 6.61 Å². The van der Waals surface area contributed by atoms with Gasteiger partial charge in [0.25, 0.3) is 0 Å². The Hall–Kier alpha value is -2.61. The highest BCUT2D eigenvalue weighted by molar-refractivity contribution is 5.93. The number of nitrogens with one attached hydrogen (secondary N) is 1. The lowest BCUT2D eigenvalue weighted by Crippen LogP contribution is -2.42. The quantitative estimate of drug-likeness (QED) is 0.746. The van der Waals surface area contributed by atoms with E-state index in [9.17, 15) is 4.79 Å². The molecule has 1 fully saturated rings. The molecule has 2 aromatic rings. The number of carbonyl (C=O) groups excluding carboxylic acids is 1. The number of rotatable bonds is 7. The molecule has 0 aliphatic carbocycles. The van der Waals surface area contributed by atoms with Crippen molar-refractivity contribution in [2.45, 2.75) is 45.4 Å². The van der Waals surface area contributed by atoms with Gasteiger partial charge in [-0.05, 0) is 41.7 Å². The molecule has 1 aliphatic rings. The van der Waals surface area contributed by atoms with Crippen molar-refractivity contribution >= 4 is 17.8 Å². The predicted octanol–water partition coefficient (Wildman–Crippen LogP) is 3.24. The Kier molecular flexibility index (Phi) is 7.31. The van der Waals surface area contributed by atoms with E-state index in [4.69, 9.17) is 4.74 Å². The van der Waals surface area contributed by atoms with Crippen LogP contribution in [-0.4, -0.2) is 53.2 Å². The van der Waals surface area contributed by atoms with Crippen molar-refractivity contribution in [1.82, 2.24) is 19.9 Å². The molecule has 162 valence electrons. The molecule has 8 heteroatoms. The summed E-state index contributed by atoms with van der Waals surface area (Å²) in [6.07, 6.45) is 8.84. The summed E-state index contributed by atoms with van der Waals surface area (Å²) in [5.41, 5.74) is 2.12. The van der Waals surface area contributed by atoms with Gasteiger partial charge >= 0.3 is 0 Å². The smallest absolute Gasteiger partial charge is 0.232 e. The zero-order valence-electron chi connectivity index (χ0n) is 18.5. The van der Waals surface area contributed by atoms with Crippen LogP contribution in [0, 0.1) is 11.8 Å². The van der Waals surface area contributed by atoms with E-state index in [1.165, 1.54) is 0 Å². The molecule has 0 spiro atoms. The highest BCUT2D eigenvalue weighted by atomic mass is 16.5. The SMILES string of the molecule is CNc1ncc([C@H](C)CC2COCCC2C(=O)N(C)c2ncc(C(C)C)cn2)cn1. The average molecular weight is 413 g/mol. The zero-order valence-corrected chi connectivity index (χ0v) is 18.5. The fourth-order valence-corrected chi connectivity index (χ4v) is 3.82. The van der Waals surface area contributed by atoms with Crippen LogP contribution in [0.2, 0.25) is 0 Å². The standard InChI is InChI=1S/C22H32N6O2/c1-14(2)17-9-26-22(27-10-17)28(5)20(29)19-6-7-30-13-16(19)8-15(3)18-11-24-21(23-4)25-12-18/h9-12,14-16,19H,6-8,13H2,1-5H3,(H,23,24,25)/t15-,16?,19?/m1/s1. The third-order valence-corrected chi connectivity index (χ3v) is 5.87. The van der Waals surface area contributed by atoms with E-state index in [0.717, 1.165) is 17.5 Å². The summed E-state index contributed by atoms with van der Waals surface area (Å²) < 4.78 is 5.72. The second kappa shape index (κ2) is 9.93. The number of ether oxygens (including phenoxy) is 1. The van der Waals surface area contributed by atoms with Crippen LogP contribution in [0.4, 0.5) is 11.9 Å². The van der Waals surface area contributed by atoms with Crippen LogP contribution in [0.5, 0.6) is 0 Å². The van der Waals surface area contributed by atoms with Gasteiger partial charge in [-0.3, -0.25) is 9.69 Å². The van der Waals surface area contributed by atoms with Crippen molar-refractivity contribution in [3.63, 3.8) is 0 Å². The lowest BCUT2D eigenvalue weighted by Gasteiger charge is -2.34. The first-order chi connectivity index (χ1) is 14.4. The Bertz CT molecular complexity index is 825. The van der Waals surface area contributed by atoms with Crippen LogP contribution in [-0.2, 0) is 9.53 Å². The number of amides is 1. The van der Waals surface area contributed by atoms with Gasteiger partial charge in [0.15, 0.2) is 0 Å². The van der Waals surface area contributed by atoms with Crippen LogP contribution in [0.25, 0.3) is 0 Å². The minimum absolute atomic E-state index is 0.0505. The number of hydrogen-bond donors (Lipinski definition) is 1. The largest absolute Gasteiger partial charge is 0.381 e. The van der Waals surface area contributed by atoms with Gasteiger partial charge in [-0.1, -0.05) is 20.8 Å². The van der Waals surface area contributed by atoms with Crippen molar-refractivity contribution in [2.24, 2.45) is 11.8 Å².